The minimum absolute atomic E-state index is 0.0301. The summed E-state index contributed by atoms with van der Waals surface area (Å²) in [6, 6.07) is 15.0. The van der Waals surface area contributed by atoms with Crippen LogP contribution < -0.4 is 10.1 Å². The number of carbonyl (C=O) groups is 2. The van der Waals surface area contributed by atoms with Crippen molar-refractivity contribution in [1.29, 1.82) is 0 Å². The van der Waals surface area contributed by atoms with Crippen molar-refractivity contribution in [3.05, 3.63) is 59.7 Å². The van der Waals surface area contributed by atoms with Crippen LogP contribution in [0.3, 0.4) is 0 Å². The van der Waals surface area contributed by atoms with Gasteiger partial charge in [-0.3, -0.25) is 9.59 Å². The number of rotatable bonds is 7. The third kappa shape index (κ3) is 4.71. The van der Waals surface area contributed by atoms with Crippen molar-refractivity contribution in [3.63, 3.8) is 0 Å². The van der Waals surface area contributed by atoms with E-state index in [9.17, 15) is 9.59 Å². The Labute approximate surface area is 166 Å². The fourth-order valence-electron chi connectivity index (χ4n) is 3.37. The molecule has 3 rings (SSSR count). The molecule has 0 unspecified atom stereocenters. The van der Waals surface area contributed by atoms with Crippen molar-refractivity contribution in [3.8, 4) is 5.75 Å². The van der Waals surface area contributed by atoms with Gasteiger partial charge in [-0.1, -0.05) is 38.1 Å². The topological polar surface area (TPSA) is 58.6 Å². The molecule has 1 heterocycles. The number of likely N-dealkylation sites (tertiary alicyclic amines) is 1. The van der Waals surface area contributed by atoms with Crippen molar-refractivity contribution in [2.24, 2.45) is 0 Å². The van der Waals surface area contributed by atoms with Gasteiger partial charge in [-0.25, -0.2) is 0 Å². The van der Waals surface area contributed by atoms with E-state index in [1.807, 2.05) is 48.2 Å². The molecule has 28 heavy (non-hydrogen) atoms. The maximum Gasteiger partial charge on any atom is 0.265 e. The highest BCUT2D eigenvalue weighted by atomic mass is 16.5. The number of nitrogens with one attached hydrogen (secondary N) is 1. The predicted molar refractivity (Wildman–Crippen MR) is 111 cm³/mol. The van der Waals surface area contributed by atoms with Crippen molar-refractivity contribution in [1.82, 2.24) is 4.90 Å². The summed E-state index contributed by atoms with van der Waals surface area (Å²) in [6.45, 7) is 5.55. The van der Waals surface area contributed by atoms with E-state index < -0.39 is 6.10 Å². The highest BCUT2D eigenvalue weighted by Crippen LogP contribution is 2.21. The van der Waals surface area contributed by atoms with Crippen LogP contribution in [0.15, 0.2) is 48.5 Å². The first-order valence-electron chi connectivity index (χ1n) is 10.1. The lowest BCUT2D eigenvalue weighted by Crippen LogP contribution is -2.34. The second-order valence-electron chi connectivity index (χ2n) is 7.05. The van der Waals surface area contributed by atoms with Crippen molar-refractivity contribution in [2.45, 2.75) is 45.6 Å². The second kappa shape index (κ2) is 9.40. The Kier molecular flexibility index (Phi) is 6.69. The first-order chi connectivity index (χ1) is 13.6. The van der Waals surface area contributed by atoms with Gasteiger partial charge < -0.3 is 15.0 Å². The second-order valence-corrected chi connectivity index (χ2v) is 7.05. The number of amides is 2. The molecule has 2 amide bonds. The Bertz CT molecular complexity index is 811. The molecule has 148 valence electrons. The number of carbonyl (C=O) groups excluding carboxylic acids is 2. The van der Waals surface area contributed by atoms with Crippen LogP contribution in [0, 0.1) is 0 Å². The monoisotopic (exact) mass is 380 g/mol. The third-order valence-corrected chi connectivity index (χ3v) is 5.08. The molecule has 0 aromatic heterocycles. The Morgan fingerprint density at radius 2 is 1.71 bits per heavy atom. The van der Waals surface area contributed by atoms with Gasteiger partial charge in [0, 0.05) is 13.1 Å². The quantitative estimate of drug-likeness (QED) is 0.780. The van der Waals surface area contributed by atoms with E-state index in [1.54, 1.807) is 12.1 Å². The van der Waals surface area contributed by atoms with Gasteiger partial charge in [-0.2, -0.15) is 0 Å². The predicted octanol–water partition coefficient (Wildman–Crippen LogP) is 4.28. The zero-order chi connectivity index (χ0) is 19.9. The largest absolute Gasteiger partial charge is 0.481 e. The molecule has 1 N–H and O–H groups in total. The van der Waals surface area contributed by atoms with Crippen LogP contribution in [0.5, 0.6) is 5.75 Å². The first-order valence-corrected chi connectivity index (χ1v) is 10.1. The number of para-hydroxylation sites is 1. The summed E-state index contributed by atoms with van der Waals surface area (Å²) in [5.74, 6) is 0.391. The number of nitrogens with zero attached hydrogens (tertiary/aromatic N) is 1. The van der Waals surface area contributed by atoms with E-state index in [0.717, 1.165) is 32.4 Å². The number of ether oxygens (including phenoxy) is 1. The first kappa shape index (κ1) is 19.9. The molecular weight excluding hydrogens is 352 g/mol. The third-order valence-electron chi connectivity index (χ3n) is 5.08. The smallest absolute Gasteiger partial charge is 0.265 e. The molecule has 0 aliphatic carbocycles. The lowest BCUT2D eigenvalue weighted by molar-refractivity contribution is -0.122. The van der Waals surface area contributed by atoms with Crippen LogP contribution >= 0.6 is 0 Å². The lowest BCUT2D eigenvalue weighted by Gasteiger charge is -2.20. The minimum Gasteiger partial charge on any atom is -0.481 e. The van der Waals surface area contributed by atoms with Crippen molar-refractivity contribution < 1.29 is 14.3 Å². The summed E-state index contributed by atoms with van der Waals surface area (Å²) in [7, 11) is 0. The maximum atomic E-state index is 12.8. The summed E-state index contributed by atoms with van der Waals surface area (Å²) in [5, 5.41) is 2.90. The Hall–Kier alpha value is -2.82. The summed E-state index contributed by atoms with van der Waals surface area (Å²) >= 11 is 0. The molecule has 0 bridgehead atoms. The maximum absolute atomic E-state index is 12.8. The number of hydrogen-bond acceptors (Lipinski definition) is 3. The molecule has 2 aromatic rings. The Morgan fingerprint density at radius 1 is 1.04 bits per heavy atom. The fraction of sp³-hybridized carbons (Fsp3) is 0.391. The molecule has 1 saturated heterocycles. The summed E-state index contributed by atoms with van der Waals surface area (Å²) in [6.07, 6.45) is 2.93. The molecule has 0 saturated carbocycles. The molecule has 0 radical (unpaired) electrons. The van der Waals surface area contributed by atoms with E-state index >= 15 is 0 Å². The van der Waals surface area contributed by atoms with Crippen LogP contribution in [0.25, 0.3) is 0 Å². The molecule has 2 aromatic carbocycles. The Morgan fingerprint density at radius 3 is 2.36 bits per heavy atom. The van der Waals surface area contributed by atoms with Crippen LogP contribution in [-0.4, -0.2) is 35.9 Å². The van der Waals surface area contributed by atoms with Gasteiger partial charge in [0.2, 0.25) is 0 Å². The van der Waals surface area contributed by atoms with Crippen molar-refractivity contribution in [2.75, 3.05) is 18.4 Å². The molecule has 1 fully saturated rings. The van der Waals surface area contributed by atoms with Gasteiger partial charge in [-0.15, -0.1) is 0 Å². The molecule has 5 nitrogen and oxygen atoms in total. The summed E-state index contributed by atoms with van der Waals surface area (Å²) in [5.41, 5.74) is 2.28. The molecule has 1 aliphatic rings. The zero-order valence-corrected chi connectivity index (χ0v) is 16.6. The van der Waals surface area contributed by atoms with E-state index in [2.05, 4.69) is 12.2 Å². The number of benzene rings is 2. The minimum atomic E-state index is -0.623. The zero-order valence-electron chi connectivity index (χ0n) is 16.6. The molecule has 0 spiro atoms. The number of hydrogen-bond donors (Lipinski definition) is 1. The summed E-state index contributed by atoms with van der Waals surface area (Å²) < 4.78 is 5.89. The fourth-order valence-corrected chi connectivity index (χ4v) is 3.37. The van der Waals surface area contributed by atoms with E-state index in [4.69, 9.17) is 4.74 Å². The van der Waals surface area contributed by atoms with Gasteiger partial charge in [0.15, 0.2) is 6.10 Å². The van der Waals surface area contributed by atoms with Crippen LogP contribution in [-0.2, 0) is 11.2 Å². The normalized spacial score (nSPS) is 14.6. The van der Waals surface area contributed by atoms with Gasteiger partial charge in [0.1, 0.15) is 5.75 Å². The molecule has 1 aliphatic heterocycles. The van der Waals surface area contributed by atoms with Crippen LogP contribution in [0.1, 0.15) is 49.0 Å². The van der Waals surface area contributed by atoms with E-state index in [-0.39, 0.29) is 11.8 Å². The van der Waals surface area contributed by atoms with Crippen molar-refractivity contribution >= 4 is 17.5 Å². The average Bonchev–Trinajstić information content (AvgIpc) is 3.27. The van der Waals surface area contributed by atoms with Gasteiger partial charge in [-0.05, 0) is 55.5 Å². The molecule has 1 atom stereocenters. The van der Waals surface area contributed by atoms with Gasteiger partial charge in [0.25, 0.3) is 11.8 Å². The highest BCUT2D eigenvalue weighted by Gasteiger charge is 2.24. The summed E-state index contributed by atoms with van der Waals surface area (Å²) in [4.78, 5) is 27.4. The van der Waals surface area contributed by atoms with Gasteiger partial charge in [0.05, 0.1) is 11.3 Å². The van der Waals surface area contributed by atoms with E-state index in [0.29, 0.717) is 23.4 Å². The Balaban J connectivity index is 1.71. The number of aryl methyl sites for hydroxylation is 1. The van der Waals surface area contributed by atoms with E-state index in [1.165, 1.54) is 5.56 Å². The standard InChI is InChI=1S/C23H28N2O3/c1-3-17-11-13-18(14-12-17)28-21(4-2)22(26)24-20-10-6-5-9-19(20)23(27)25-15-7-8-16-25/h5-6,9-14,21H,3-4,7-8,15-16H2,1-2H3,(H,24,26)/t21-/m1/s1. The van der Waals surface area contributed by atoms with Crippen LogP contribution in [0.2, 0.25) is 0 Å². The molecule has 5 heteroatoms. The van der Waals surface area contributed by atoms with Crippen LogP contribution in [0.4, 0.5) is 5.69 Å². The SMILES string of the molecule is CCc1ccc(O[C@H](CC)C(=O)Nc2ccccc2C(=O)N2CCCC2)cc1. The molecular formula is C23H28N2O3. The number of anilines is 1. The average molecular weight is 380 g/mol. The highest BCUT2D eigenvalue weighted by molar-refractivity contribution is 6.04. The lowest BCUT2D eigenvalue weighted by atomic mass is 10.1. The van der Waals surface area contributed by atoms with Gasteiger partial charge >= 0.3 is 0 Å².